The van der Waals surface area contributed by atoms with Crippen LogP contribution in [0, 0.1) is 6.92 Å². The van der Waals surface area contributed by atoms with E-state index in [2.05, 4.69) is 4.98 Å². The van der Waals surface area contributed by atoms with Crippen LogP contribution in [0.1, 0.15) is 11.1 Å². The van der Waals surface area contributed by atoms with E-state index in [1.165, 1.54) is 0 Å². The maximum Gasteiger partial charge on any atom is 0.145 e. The quantitative estimate of drug-likeness (QED) is 0.734. The Balaban J connectivity index is 1.91. The highest BCUT2D eigenvalue weighted by Gasteiger charge is 2.06. The van der Waals surface area contributed by atoms with E-state index in [4.69, 9.17) is 10.5 Å². The molecule has 3 rings (SSSR count). The fraction of sp³-hybridized carbons (Fsp3) is 0.118. The van der Waals surface area contributed by atoms with Crippen molar-refractivity contribution in [2.24, 2.45) is 0 Å². The maximum atomic E-state index is 5.96. The van der Waals surface area contributed by atoms with Gasteiger partial charge in [0.15, 0.2) is 0 Å². The number of aromatic nitrogens is 1. The monoisotopic (exact) mass is 264 g/mol. The van der Waals surface area contributed by atoms with Gasteiger partial charge in [0.05, 0.1) is 11.2 Å². The van der Waals surface area contributed by atoms with Crippen LogP contribution in [0.25, 0.3) is 10.9 Å². The molecular formula is C17H16N2O. The molecule has 1 heterocycles. The molecule has 1 aromatic heterocycles. The van der Waals surface area contributed by atoms with Gasteiger partial charge in [-0.05, 0) is 24.6 Å². The van der Waals surface area contributed by atoms with E-state index in [0.717, 1.165) is 27.8 Å². The van der Waals surface area contributed by atoms with Gasteiger partial charge in [-0.3, -0.25) is 4.98 Å². The zero-order valence-electron chi connectivity index (χ0n) is 11.3. The number of pyridine rings is 1. The van der Waals surface area contributed by atoms with E-state index in [1.54, 1.807) is 6.20 Å². The van der Waals surface area contributed by atoms with E-state index in [-0.39, 0.29) is 0 Å². The third-order valence-corrected chi connectivity index (χ3v) is 3.33. The van der Waals surface area contributed by atoms with Gasteiger partial charge in [0, 0.05) is 17.1 Å². The molecule has 2 N–H and O–H groups in total. The third kappa shape index (κ3) is 2.30. The zero-order valence-corrected chi connectivity index (χ0v) is 11.3. The molecule has 0 fully saturated rings. The van der Waals surface area contributed by atoms with E-state index in [1.807, 2.05) is 55.5 Å². The van der Waals surface area contributed by atoms with Crippen LogP contribution >= 0.6 is 0 Å². The van der Waals surface area contributed by atoms with Crippen LogP contribution in [0.5, 0.6) is 5.75 Å². The normalized spacial score (nSPS) is 10.7. The van der Waals surface area contributed by atoms with E-state index in [0.29, 0.717) is 12.3 Å². The van der Waals surface area contributed by atoms with Gasteiger partial charge in [-0.2, -0.15) is 0 Å². The Morgan fingerprint density at radius 3 is 2.70 bits per heavy atom. The molecule has 0 aliphatic carbocycles. The Morgan fingerprint density at radius 1 is 1.05 bits per heavy atom. The number of nitrogens with zero attached hydrogens (tertiary/aromatic N) is 1. The van der Waals surface area contributed by atoms with Crippen molar-refractivity contribution >= 4 is 16.6 Å². The van der Waals surface area contributed by atoms with Crippen LogP contribution in [0.3, 0.4) is 0 Å². The molecule has 0 saturated carbocycles. The van der Waals surface area contributed by atoms with Crippen LogP contribution in [-0.4, -0.2) is 4.98 Å². The predicted octanol–water partition coefficient (Wildman–Crippen LogP) is 3.70. The Kier molecular flexibility index (Phi) is 3.25. The summed E-state index contributed by atoms with van der Waals surface area (Å²) >= 11 is 0. The van der Waals surface area contributed by atoms with Gasteiger partial charge in [0.2, 0.25) is 0 Å². The second-order valence-corrected chi connectivity index (χ2v) is 4.77. The molecule has 0 aliphatic heterocycles. The average Bonchev–Trinajstić information content (AvgIpc) is 2.47. The molecule has 3 aromatic rings. The lowest BCUT2D eigenvalue weighted by atomic mass is 10.1. The maximum absolute atomic E-state index is 5.96. The molecule has 0 radical (unpaired) electrons. The van der Waals surface area contributed by atoms with Crippen LogP contribution in [0.2, 0.25) is 0 Å². The lowest BCUT2D eigenvalue weighted by molar-refractivity contribution is 0.307. The Bertz CT molecular complexity index is 727. The molecule has 0 bridgehead atoms. The number of nitrogens with two attached hydrogens (primary N) is 1. The van der Waals surface area contributed by atoms with E-state index in [9.17, 15) is 0 Å². The second kappa shape index (κ2) is 5.21. The SMILES string of the molecule is Cc1cccc(N)c1OCc1cccc2cccnc12. The van der Waals surface area contributed by atoms with Crippen molar-refractivity contribution < 1.29 is 4.74 Å². The topological polar surface area (TPSA) is 48.1 Å². The first-order valence-electron chi connectivity index (χ1n) is 6.56. The van der Waals surface area contributed by atoms with Crippen LogP contribution < -0.4 is 10.5 Å². The fourth-order valence-electron chi connectivity index (χ4n) is 2.31. The summed E-state index contributed by atoms with van der Waals surface area (Å²) < 4.78 is 5.90. The van der Waals surface area contributed by atoms with Crippen LogP contribution in [0.15, 0.2) is 54.7 Å². The highest BCUT2D eigenvalue weighted by atomic mass is 16.5. The van der Waals surface area contributed by atoms with Crippen LogP contribution in [0.4, 0.5) is 5.69 Å². The number of ether oxygens (including phenoxy) is 1. The van der Waals surface area contributed by atoms with Gasteiger partial charge in [0.1, 0.15) is 12.4 Å². The zero-order chi connectivity index (χ0) is 13.9. The Labute approximate surface area is 118 Å². The predicted molar refractivity (Wildman–Crippen MR) is 81.7 cm³/mol. The largest absolute Gasteiger partial charge is 0.486 e. The summed E-state index contributed by atoms with van der Waals surface area (Å²) in [5.74, 6) is 0.750. The summed E-state index contributed by atoms with van der Waals surface area (Å²) in [4.78, 5) is 4.43. The summed E-state index contributed by atoms with van der Waals surface area (Å²) in [6.45, 7) is 2.45. The molecule has 20 heavy (non-hydrogen) atoms. The third-order valence-electron chi connectivity index (χ3n) is 3.33. The van der Waals surface area contributed by atoms with E-state index >= 15 is 0 Å². The molecule has 0 aliphatic rings. The molecule has 0 unspecified atom stereocenters. The van der Waals surface area contributed by atoms with Gasteiger partial charge in [-0.25, -0.2) is 0 Å². The van der Waals surface area contributed by atoms with Crippen molar-refractivity contribution in [1.29, 1.82) is 0 Å². The van der Waals surface area contributed by atoms with Gasteiger partial charge >= 0.3 is 0 Å². The minimum atomic E-state index is 0.462. The first kappa shape index (κ1) is 12.5. The lowest BCUT2D eigenvalue weighted by Gasteiger charge is -2.12. The minimum Gasteiger partial charge on any atom is -0.486 e. The number of para-hydroxylation sites is 2. The minimum absolute atomic E-state index is 0.462. The molecule has 0 saturated heterocycles. The molecule has 3 heteroatoms. The van der Waals surface area contributed by atoms with Crippen molar-refractivity contribution in [3.63, 3.8) is 0 Å². The lowest BCUT2D eigenvalue weighted by Crippen LogP contribution is -2.01. The highest BCUT2D eigenvalue weighted by molar-refractivity contribution is 5.81. The number of aryl methyl sites for hydroxylation is 1. The summed E-state index contributed by atoms with van der Waals surface area (Å²) in [5.41, 5.74) is 9.70. The number of fused-ring (bicyclic) bond motifs is 1. The molecule has 0 spiro atoms. The second-order valence-electron chi connectivity index (χ2n) is 4.77. The Morgan fingerprint density at radius 2 is 1.85 bits per heavy atom. The van der Waals surface area contributed by atoms with Gasteiger partial charge in [-0.1, -0.05) is 36.4 Å². The number of hydrogen-bond acceptors (Lipinski definition) is 3. The number of benzene rings is 2. The molecular weight excluding hydrogens is 248 g/mol. The van der Waals surface area contributed by atoms with Crippen molar-refractivity contribution in [3.05, 3.63) is 65.9 Å². The van der Waals surface area contributed by atoms with Gasteiger partial charge < -0.3 is 10.5 Å². The summed E-state index contributed by atoms with van der Waals surface area (Å²) in [5, 5.41) is 1.12. The molecule has 3 nitrogen and oxygen atoms in total. The summed E-state index contributed by atoms with van der Waals surface area (Å²) in [7, 11) is 0. The number of hydrogen-bond donors (Lipinski definition) is 1. The van der Waals surface area contributed by atoms with Gasteiger partial charge in [0.25, 0.3) is 0 Å². The van der Waals surface area contributed by atoms with Crippen LogP contribution in [-0.2, 0) is 6.61 Å². The van der Waals surface area contributed by atoms with Crippen molar-refractivity contribution in [3.8, 4) is 5.75 Å². The standard InChI is InChI=1S/C17H16N2O/c1-12-5-2-9-15(18)17(12)20-11-14-7-3-6-13-8-4-10-19-16(13)14/h2-10H,11,18H2,1H3. The number of rotatable bonds is 3. The molecule has 0 amide bonds. The summed E-state index contributed by atoms with van der Waals surface area (Å²) in [6.07, 6.45) is 1.80. The first-order valence-corrected chi connectivity index (χ1v) is 6.56. The number of anilines is 1. The van der Waals surface area contributed by atoms with Gasteiger partial charge in [-0.15, -0.1) is 0 Å². The first-order chi connectivity index (χ1) is 9.75. The highest BCUT2D eigenvalue weighted by Crippen LogP contribution is 2.27. The average molecular weight is 264 g/mol. The molecule has 0 atom stereocenters. The number of nitrogen functional groups attached to an aromatic ring is 1. The molecule has 100 valence electrons. The van der Waals surface area contributed by atoms with Crippen molar-refractivity contribution in [2.75, 3.05) is 5.73 Å². The fourth-order valence-corrected chi connectivity index (χ4v) is 2.31. The molecule has 2 aromatic carbocycles. The van der Waals surface area contributed by atoms with Crippen molar-refractivity contribution in [2.45, 2.75) is 13.5 Å². The smallest absolute Gasteiger partial charge is 0.145 e. The summed E-state index contributed by atoms with van der Waals surface area (Å²) in [6, 6.07) is 15.9. The Hall–Kier alpha value is -2.55. The van der Waals surface area contributed by atoms with Crippen molar-refractivity contribution in [1.82, 2.24) is 4.98 Å². The van der Waals surface area contributed by atoms with E-state index < -0.39 is 0 Å².